The summed E-state index contributed by atoms with van der Waals surface area (Å²) in [5, 5.41) is 21.2. The van der Waals surface area contributed by atoms with Crippen LogP contribution in [0.1, 0.15) is 22.3 Å². The van der Waals surface area contributed by atoms with Gasteiger partial charge in [0, 0.05) is 25.9 Å². The summed E-state index contributed by atoms with van der Waals surface area (Å²) in [6.07, 6.45) is 3.84. The molecule has 1 aromatic heterocycles. The number of phenols is 1. The fourth-order valence-corrected chi connectivity index (χ4v) is 2.84. The lowest BCUT2D eigenvalue weighted by Gasteiger charge is -2.06. The number of anilines is 1. The van der Waals surface area contributed by atoms with Gasteiger partial charge in [0.05, 0.1) is 5.69 Å². The first-order valence-corrected chi connectivity index (χ1v) is 8.50. The van der Waals surface area contributed by atoms with Crippen LogP contribution in [0.2, 0.25) is 0 Å². The van der Waals surface area contributed by atoms with Crippen molar-refractivity contribution in [1.29, 1.82) is 0 Å². The van der Waals surface area contributed by atoms with Crippen LogP contribution >= 0.6 is 0 Å². The number of aromatic hydroxyl groups is 1. The van der Waals surface area contributed by atoms with Crippen LogP contribution in [0.15, 0.2) is 60.9 Å². The van der Waals surface area contributed by atoms with E-state index in [4.69, 9.17) is 5.11 Å². The molecule has 0 aliphatic carbocycles. The van der Waals surface area contributed by atoms with Crippen LogP contribution in [0.4, 0.5) is 5.69 Å². The molecule has 3 rings (SSSR count). The molecule has 2 aromatic carbocycles. The Morgan fingerprint density at radius 2 is 1.56 bits per heavy atom. The van der Waals surface area contributed by atoms with E-state index < -0.39 is 5.97 Å². The predicted molar refractivity (Wildman–Crippen MR) is 103 cm³/mol. The zero-order valence-corrected chi connectivity index (χ0v) is 14.8. The highest BCUT2D eigenvalue weighted by Gasteiger charge is 2.14. The third kappa shape index (κ3) is 4.55. The highest BCUT2D eigenvalue weighted by atomic mass is 16.4. The third-order valence-electron chi connectivity index (χ3n) is 4.26. The summed E-state index contributed by atoms with van der Waals surface area (Å²) in [5.74, 6) is -1.08. The molecule has 0 spiro atoms. The lowest BCUT2D eigenvalue weighted by atomic mass is 10.0. The maximum Gasteiger partial charge on any atom is 0.339 e. The highest BCUT2D eigenvalue weighted by Crippen LogP contribution is 2.23. The Morgan fingerprint density at radius 3 is 2.15 bits per heavy atom. The van der Waals surface area contributed by atoms with Crippen LogP contribution in [-0.2, 0) is 18.3 Å². The average molecular weight is 364 g/mol. The molecule has 1 amide bonds. The molecule has 0 radical (unpaired) electrons. The number of benzene rings is 2. The summed E-state index contributed by atoms with van der Waals surface area (Å²) in [7, 11) is 1.71. The number of hydrogen-bond acceptors (Lipinski definition) is 3. The topological polar surface area (TPSA) is 91.6 Å². The number of aromatic carboxylic acids is 1. The van der Waals surface area contributed by atoms with Gasteiger partial charge in [0.1, 0.15) is 11.3 Å². The van der Waals surface area contributed by atoms with Crippen LogP contribution in [0.5, 0.6) is 5.75 Å². The van der Waals surface area contributed by atoms with Crippen molar-refractivity contribution in [2.24, 2.45) is 7.05 Å². The van der Waals surface area contributed by atoms with Gasteiger partial charge in [-0.1, -0.05) is 36.4 Å². The van der Waals surface area contributed by atoms with Crippen LogP contribution in [0, 0.1) is 0 Å². The van der Waals surface area contributed by atoms with Crippen molar-refractivity contribution in [3.8, 4) is 16.9 Å². The molecule has 0 atom stereocenters. The standard InChI is InChI=1S/C21H20N2O4/c1-23-12-18(21(26)27)19(13-23)22-20(25)11-4-14-2-5-15(6-3-14)16-7-9-17(24)10-8-16/h2-3,5-10,12-13,24H,4,11H2,1H3,(H,22,25)(H,26,27). The fourth-order valence-electron chi connectivity index (χ4n) is 2.84. The molecule has 0 bridgehead atoms. The average Bonchev–Trinajstić information content (AvgIpc) is 3.01. The first-order chi connectivity index (χ1) is 12.9. The van der Waals surface area contributed by atoms with Crippen molar-refractivity contribution in [1.82, 2.24) is 4.57 Å². The predicted octanol–water partition coefficient (Wildman–Crippen LogP) is 3.67. The second-order valence-electron chi connectivity index (χ2n) is 6.35. The van der Waals surface area contributed by atoms with Gasteiger partial charge in [0.2, 0.25) is 5.91 Å². The third-order valence-corrected chi connectivity index (χ3v) is 4.26. The van der Waals surface area contributed by atoms with Gasteiger partial charge in [-0.05, 0) is 35.2 Å². The Morgan fingerprint density at radius 1 is 0.963 bits per heavy atom. The Kier molecular flexibility index (Phi) is 5.26. The minimum atomic E-state index is -1.07. The summed E-state index contributed by atoms with van der Waals surface area (Å²) in [5.41, 5.74) is 3.42. The van der Waals surface area contributed by atoms with E-state index in [1.165, 1.54) is 6.20 Å². The molecule has 6 heteroatoms. The summed E-state index contributed by atoms with van der Waals surface area (Å²) in [6, 6.07) is 14.8. The Labute approximate surface area is 156 Å². The second kappa shape index (κ2) is 7.78. The Bertz CT molecular complexity index is 957. The lowest BCUT2D eigenvalue weighted by molar-refractivity contribution is -0.116. The summed E-state index contributed by atoms with van der Waals surface area (Å²) < 4.78 is 1.60. The molecule has 27 heavy (non-hydrogen) atoms. The van der Waals surface area contributed by atoms with Crippen molar-refractivity contribution >= 4 is 17.6 Å². The maximum atomic E-state index is 12.2. The van der Waals surface area contributed by atoms with E-state index in [1.807, 2.05) is 36.4 Å². The van der Waals surface area contributed by atoms with E-state index >= 15 is 0 Å². The minimum absolute atomic E-state index is 0.0732. The normalized spacial score (nSPS) is 10.6. The van der Waals surface area contributed by atoms with Gasteiger partial charge in [-0.25, -0.2) is 4.79 Å². The maximum absolute atomic E-state index is 12.2. The highest BCUT2D eigenvalue weighted by molar-refractivity contribution is 6.00. The summed E-state index contributed by atoms with van der Waals surface area (Å²) in [6.45, 7) is 0. The molecule has 3 N–H and O–H groups in total. The smallest absolute Gasteiger partial charge is 0.339 e. The number of carboxylic acid groups (broad SMARTS) is 1. The van der Waals surface area contributed by atoms with Crippen LogP contribution in [0.25, 0.3) is 11.1 Å². The number of nitrogens with zero attached hydrogens (tertiary/aromatic N) is 1. The van der Waals surface area contributed by atoms with Crippen molar-refractivity contribution in [2.75, 3.05) is 5.32 Å². The molecule has 138 valence electrons. The molecular formula is C21H20N2O4. The summed E-state index contributed by atoms with van der Waals surface area (Å²) in [4.78, 5) is 23.3. The molecule has 0 saturated heterocycles. The number of aromatic nitrogens is 1. The van der Waals surface area contributed by atoms with Crippen molar-refractivity contribution in [3.05, 3.63) is 72.1 Å². The molecular weight excluding hydrogens is 344 g/mol. The first-order valence-electron chi connectivity index (χ1n) is 8.50. The molecule has 0 aliphatic heterocycles. The second-order valence-corrected chi connectivity index (χ2v) is 6.35. The fraction of sp³-hybridized carbons (Fsp3) is 0.143. The molecule has 0 unspecified atom stereocenters. The minimum Gasteiger partial charge on any atom is -0.508 e. The Balaban J connectivity index is 1.59. The number of carbonyl (C=O) groups is 2. The monoisotopic (exact) mass is 364 g/mol. The number of carboxylic acids is 1. The van der Waals surface area contributed by atoms with E-state index in [2.05, 4.69) is 5.32 Å². The van der Waals surface area contributed by atoms with Gasteiger partial charge < -0.3 is 20.1 Å². The number of nitrogens with one attached hydrogen (secondary N) is 1. The lowest BCUT2D eigenvalue weighted by Crippen LogP contribution is -2.14. The number of aryl methyl sites for hydroxylation is 2. The van der Waals surface area contributed by atoms with Gasteiger partial charge >= 0.3 is 5.97 Å². The number of amides is 1. The first kappa shape index (κ1) is 18.3. The molecule has 3 aromatic rings. The van der Waals surface area contributed by atoms with Crippen LogP contribution in [0.3, 0.4) is 0 Å². The molecule has 0 fully saturated rings. The van der Waals surface area contributed by atoms with Crippen LogP contribution < -0.4 is 5.32 Å². The van der Waals surface area contributed by atoms with E-state index in [9.17, 15) is 14.7 Å². The molecule has 0 aliphatic rings. The Hall–Kier alpha value is -3.54. The zero-order chi connectivity index (χ0) is 19.4. The van der Waals surface area contributed by atoms with Crippen LogP contribution in [-0.4, -0.2) is 26.7 Å². The number of hydrogen-bond donors (Lipinski definition) is 3. The number of rotatable bonds is 6. The summed E-state index contributed by atoms with van der Waals surface area (Å²) >= 11 is 0. The van der Waals surface area contributed by atoms with E-state index in [0.717, 1.165) is 16.7 Å². The van der Waals surface area contributed by atoms with Crippen molar-refractivity contribution in [3.63, 3.8) is 0 Å². The number of phenolic OH excluding ortho intramolecular Hbond substituents is 1. The SMILES string of the molecule is Cn1cc(NC(=O)CCc2ccc(-c3ccc(O)cc3)cc2)c(C(=O)O)c1. The van der Waals surface area contributed by atoms with E-state index in [-0.39, 0.29) is 23.6 Å². The molecule has 0 saturated carbocycles. The van der Waals surface area contributed by atoms with Gasteiger partial charge in [0.15, 0.2) is 0 Å². The van der Waals surface area contributed by atoms with E-state index in [0.29, 0.717) is 12.1 Å². The quantitative estimate of drug-likeness (QED) is 0.622. The van der Waals surface area contributed by atoms with Gasteiger partial charge in [-0.3, -0.25) is 4.79 Å². The van der Waals surface area contributed by atoms with E-state index in [1.54, 1.807) is 29.9 Å². The van der Waals surface area contributed by atoms with Gasteiger partial charge in [-0.15, -0.1) is 0 Å². The van der Waals surface area contributed by atoms with Crippen molar-refractivity contribution in [2.45, 2.75) is 12.8 Å². The van der Waals surface area contributed by atoms with Gasteiger partial charge in [0.25, 0.3) is 0 Å². The zero-order valence-electron chi connectivity index (χ0n) is 14.8. The van der Waals surface area contributed by atoms with Gasteiger partial charge in [-0.2, -0.15) is 0 Å². The van der Waals surface area contributed by atoms with Crippen molar-refractivity contribution < 1.29 is 19.8 Å². The molecule has 1 heterocycles. The number of carbonyl (C=O) groups excluding carboxylic acids is 1. The molecule has 6 nitrogen and oxygen atoms in total. The largest absolute Gasteiger partial charge is 0.508 e.